The SMILES string of the molecule is O=C(Cc1c[nH]c2ccccc12)N1CCC(c2noc(C3CC3)n2)C1. The van der Waals surface area contributed by atoms with E-state index in [4.69, 9.17) is 4.52 Å². The molecule has 2 fully saturated rings. The lowest BCUT2D eigenvalue weighted by molar-refractivity contribution is -0.129. The Kier molecular flexibility index (Phi) is 3.36. The Morgan fingerprint density at radius 1 is 1.24 bits per heavy atom. The predicted molar refractivity (Wildman–Crippen MR) is 92.2 cm³/mol. The number of benzene rings is 1. The summed E-state index contributed by atoms with van der Waals surface area (Å²) < 4.78 is 5.36. The van der Waals surface area contributed by atoms with Crippen LogP contribution in [0.4, 0.5) is 0 Å². The molecule has 5 rings (SSSR count). The summed E-state index contributed by atoms with van der Waals surface area (Å²) in [6.45, 7) is 1.45. The number of nitrogens with zero attached hydrogens (tertiary/aromatic N) is 3. The highest BCUT2D eigenvalue weighted by Crippen LogP contribution is 2.39. The quantitative estimate of drug-likeness (QED) is 0.795. The first-order valence-electron chi connectivity index (χ1n) is 8.94. The van der Waals surface area contributed by atoms with Gasteiger partial charge in [-0.15, -0.1) is 0 Å². The van der Waals surface area contributed by atoms with Gasteiger partial charge in [0.2, 0.25) is 11.8 Å². The number of H-pyrrole nitrogens is 1. The van der Waals surface area contributed by atoms with Gasteiger partial charge in [0, 0.05) is 42.0 Å². The Hall–Kier alpha value is -2.63. The Bertz CT molecular complexity index is 924. The lowest BCUT2D eigenvalue weighted by Gasteiger charge is -2.15. The van der Waals surface area contributed by atoms with Crippen molar-refractivity contribution < 1.29 is 9.32 Å². The Morgan fingerprint density at radius 3 is 3.00 bits per heavy atom. The van der Waals surface area contributed by atoms with Crippen molar-refractivity contribution in [3.05, 3.63) is 47.7 Å². The number of aromatic nitrogens is 3. The highest BCUT2D eigenvalue weighted by molar-refractivity contribution is 5.89. The smallest absolute Gasteiger partial charge is 0.229 e. The van der Waals surface area contributed by atoms with E-state index in [2.05, 4.69) is 21.2 Å². The fraction of sp³-hybridized carbons (Fsp3) is 0.421. The van der Waals surface area contributed by atoms with Crippen LogP contribution in [0.2, 0.25) is 0 Å². The van der Waals surface area contributed by atoms with Crippen molar-refractivity contribution in [3.8, 4) is 0 Å². The number of rotatable bonds is 4. The molecule has 0 spiro atoms. The molecule has 1 unspecified atom stereocenters. The molecule has 25 heavy (non-hydrogen) atoms. The van der Waals surface area contributed by atoms with E-state index in [1.54, 1.807) is 0 Å². The van der Waals surface area contributed by atoms with E-state index in [-0.39, 0.29) is 11.8 Å². The molecule has 0 radical (unpaired) electrons. The summed E-state index contributed by atoms with van der Waals surface area (Å²) in [6, 6.07) is 8.09. The van der Waals surface area contributed by atoms with Crippen molar-refractivity contribution in [3.63, 3.8) is 0 Å². The summed E-state index contributed by atoms with van der Waals surface area (Å²) in [7, 11) is 0. The number of aromatic amines is 1. The van der Waals surface area contributed by atoms with Crippen LogP contribution in [0.15, 0.2) is 35.0 Å². The number of nitrogens with one attached hydrogen (secondary N) is 1. The van der Waals surface area contributed by atoms with Gasteiger partial charge in [0.25, 0.3) is 0 Å². The molecule has 128 valence electrons. The molecule has 3 aromatic rings. The van der Waals surface area contributed by atoms with Gasteiger partial charge in [0.1, 0.15) is 0 Å². The lowest BCUT2D eigenvalue weighted by Crippen LogP contribution is -2.29. The van der Waals surface area contributed by atoms with Crippen LogP contribution >= 0.6 is 0 Å². The largest absolute Gasteiger partial charge is 0.361 e. The summed E-state index contributed by atoms with van der Waals surface area (Å²) >= 11 is 0. The Morgan fingerprint density at radius 2 is 2.12 bits per heavy atom. The highest BCUT2D eigenvalue weighted by Gasteiger charge is 2.34. The third-order valence-corrected chi connectivity index (χ3v) is 5.31. The first kappa shape index (κ1) is 14.7. The van der Waals surface area contributed by atoms with Crippen LogP contribution in [0.5, 0.6) is 0 Å². The van der Waals surface area contributed by atoms with Gasteiger partial charge in [-0.1, -0.05) is 23.4 Å². The Balaban J connectivity index is 1.26. The molecule has 1 N–H and O–H groups in total. The number of likely N-dealkylation sites (tertiary alicyclic amines) is 1. The third-order valence-electron chi connectivity index (χ3n) is 5.31. The zero-order chi connectivity index (χ0) is 16.8. The standard InChI is InChI=1S/C19H20N4O2/c24-17(9-14-10-20-16-4-2-1-3-15(14)16)23-8-7-13(11-23)18-21-19(25-22-18)12-5-6-12/h1-4,10,12-13,20H,5-9,11H2. The van der Waals surface area contributed by atoms with Gasteiger partial charge in [0.15, 0.2) is 5.82 Å². The average molecular weight is 336 g/mol. The van der Waals surface area contributed by atoms with Gasteiger partial charge in [-0.3, -0.25) is 4.79 Å². The van der Waals surface area contributed by atoms with Gasteiger partial charge in [0.05, 0.1) is 6.42 Å². The minimum absolute atomic E-state index is 0.165. The molecule has 3 heterocycles. The molecule has 1 atom stereocenters. The summed E-state index contributed by atoms with van der Waals surface area (Å²) in [4.78, 5) is 22.4. The van der Waals surface area contributed by atoms with Crippen molar-refractivity contribution in [1.82, 2.24) is 20.0 Å². The van der Waals surface area contributed by atoms with Gasteiger partial charge < -0.3 is 14.4 Å². The fourth-order valence-electron chi connectivity index (χ4n) is 3.66. The van der Waals surface area contributed by atoms with E-state index in [1.807, 2.05) is 29.3 Å². The molecule has 0 bridgehead atoms. The second-order valence-electron chi connectivity index (χ2n) is 7.13. The molecule has 1 aromatic carbocycles. The highest BCUT2D eigenvalue weighted by atomic mass is 16.5. The zero-order valence-corrected chi connectivity index (χ0v) is 13.9. The molecule has 2 aromatic heterocycles. The maximum Gasteiger partial charge on any atom is 0.229 e. The van der Waals surface area contributed by atoms with Crippen molar-refractivity contribution in [2.24, 2.45) is 0 Å². The molecular formula is C19H20N4O2. The van der Waals surface area contributed by atoms with Gasteiger partial charge in [-0.2, -0.15) is 4.98 Å². The summed E-state index contributed by atoms with van der Waals surface area (Å²) in [6.07, 6.45) is 5.58. The third kappa shape index (κ3) is 2.71. The number of amides is 1. The minimum Gasteiger partial charge on any atom is -0.361 e. The molecule has 1 saturated carbocycles. The fourth-order valence-corrected chi connectivity index (χ4v) is 3.66. The number of carbonyl (C=O) groups is 1. The summed E-state index contributed by atoms with van der Waals surface area (Å²) in [5, 5.41) is 5.26. The van der Waals surface area contributed by atoms with E-state index in [0.717, 1.165) is 54.0 Å². The normalized spacial score (nSPS) is 20.5. The topological polar surface area (TPSA) is 75.0 Å². The van der Waals surface area contributed by atoms with Crippen molar-refractivity contribution in [2.75, 3.05) is 13.1 Å². The van der Waals surface area contributed by atoms with E-state index >= 15 is 0 Å². The number of fused-ring (bicyclic) bond motifs is 1. The lowest BCUT2D eigenvalue weighted by atomic mass is 10.1. The molecule has 1 aliphatic heterocycles. The molecule has 1 saturated heterocycles. The van der Waals surface area contributed by atoms with Crippen LogP contribution in [0, 0.1) is 0 Å². The number of hydrogen-bond acceptors (Lipinski definition) is 4. The number of hydrogen-bond donors (Lipinski definition) is 1. The summed E-state index contributed by atoms with van der Waals surface area (Å²) in [5.74, 6) is 2.38. The van der Waals surface area contributed by atoms with Crippen molar-refractivity contribution >= 4 is 16.8 Å². The van der Waals surface area contributed by atoms with Crippen LogP contribution in [-0.2, 0) is 11.2 Å². The minimum atomic E-state index is 0.165. The molecular weight excluding hydrogens is 316 g/mol. The van der Waals surface area contributed by atoms with Crippen LogP contribution < -0.4 is 0 Å². The van der Waals surface area contributed by atoms with Gasteiger partial charge >= 0.3 is 0 Å². The molecule has 6 nitrogen and oxygen atoms in total. The van der Waals surface area contributed by atoms with E-state index in [0.29, 0.717) is 18.9 Å². The maximum atomic E-state index is 12.7. The van der Waals surface area contributed by atoms with E-state index in [1.165, 1.54) is 0 Å². The Labute approximate surface area is 145 Å². The second kappa shape index (κ2) is 5.72. The maximum absolute atomic E-state index is 12.7. The molecule has 6 heteroatoms. The predicted octanol–water partition coefficient (Wildman–Crippen LogP) is 2.99. The second-order valence-corrected chi connectivity index (χ2v) is 7.13. The monoisotopic (exact) mass is 336 g/mol. The molecule has 2 aliphatic rings. The van der Waals surface area contributed by atoms with Gasteiger partial charge in [-0.25, -0.2) is 0 Å². The van der Waals surface area contributed by atoms with Crippen LogP contribution in [-0.4, -0.2) is 39.0 Å². The number of para-hydroxylation sites is 1. The first-order chi connectivity index (χ1) is 12.3. The zero-order valence-electron chi connectivity index (χ0n) is 13.9. The first-order valence-corrected chi connectivity index (χ1v) is 8.94. The van der Waals surface area contributed by atoms with Crippen LogP contribution in [0.3, 0.4) is 0 Å². The van der Waals surface area contributed by atoms with Gasteiger partial charge in [-0.05, 0) is 30.9 Å². The number of carbonyl (C=O) groups excluding carboxylic acids is 1. The van der Waals surface area contributed by atoms with Crippen LogP contribution in [0.1, 0.15) is 48.4 Å². The average Bonchev–Trinajstić information content (AvgIpc) is 3.04. The van der Waals surface area contributed by atoms with E-state index in [9.17, 15) is 4.79 Å². The molecule has 1 amide bonds. The van der Waals surface area contributed by atoms with Crippen molar-refractivity contribution in [1.29, 1.82) is 0 Å². The van der Waals surface area contributed by atoms with Crippen LogP contribution in [0.25, 0.3) is 10.9 Å². The summed E-state index contributed by atoms with van der Waals surface area (Å²) in [5.41, 5.74) is 2.13. The molecule has 1 aliphatic carbocycles. The van der Waals surface area contributed by atoms with E-state index < -0.39 is 0 Å². The van der Waals surface area contributed by atoms with Crippen molar-refractivity contribution in [2.45, 2.75) is 37.5 Å².